The summed E-state index contributed by atoms with van der Waals surface area (Å²) < 4.78 is 22.8. The molecule has 1 atom stereocenters. The third-order valence-electron chi connectivity index (χ3n) is 2.12. The zero-order valence-electron chi connectivity index (χ0n) is 10.7. The van der Waals surface area contributed by atoms with E-state index in [9.17, 15) is 8.42 Å². The Kier molecular flexibility index (Phi) is 9.03. The molecule has 19 heavy (non-hydrogen) atoms. The van der Waals surface area contributed by atoms with Gasteiger partial charge in [-0.1, -0.05) is 12.2 Å². The molecule has 0 unspecified atom stereocenters. The highest BCUT2D eigenvalue weighted by Crippen LogP contribution is 2.17. The van der Waals surface area contributed by atoms with Gasteiger partial charge in [0.25, 0.3) is 0 Å². The maximum atomic E-state index is 11.4. The fourth-order valence-corrected chi connectivity index (χ4v) is 2.06. The number of rotatable bonds is 4. The molecule has 110 valence electrons. The van der Waals surface area contributed by atoms with Crippen molar-refractivity contribution in [1.29, 1.82) is 0 Å². The summed E-state index contributed by atoms with van der Waals surface area (Å²) in [5.41, 5.74) is 11.8. The zero-order chi connectivity index (χ0) is 13.1. The van der Waals surface area contributed by atoms with Crippen molar-refractivity contribution >= 4 is 46.5 Å². The molecule has 0 radical (unpaired) electrons. The first-order valence-electron chi connectivity index (χ1n) is 5.18. The molecule has 0 aliphatic rings. The van der Waals surface area contributed by atoms with Gasteiger partial charge in [0.2, 0.25) is 0 Å². The van der Waals surface area contributed by atoms with Gasteiger partial charge in [-0.3, -0.25) is 0 Å². The van der Waals surface area contributed by atoms with Crippen molar-refractivity contribution in [2.75, 3.05) is 12.0 Å². The molecule has 5 nitrogen and oxygen atoms in total. The van der Waals surface area contributed by atoms with E-state index in [2.05, 4.69) is 4.98 Å². The average molecular weight is 328 g/mol. The molecule has 4 N–H and O–H groups in total. The number of halogens is 2. The topological polar surface area (TPSA) is 99.1 Å². The molecule has 0 aliphatic carbocycles. The van der Waals surface area contributed by atoms with Crippen LogP contribution < -0.4 is 11.5 Å². The Bertz CT molecular complexity index is 531. The van der Waals surface area contributed by atoms with Gasteiger partial charge < -0.3 is 11.5 Å². The van der Waals surface area contributed by atoms with Gasteiger partial charge in [0, 0.05) is 18.5 Å². The first-order chi connectivity index (χ1) is 7.80. The van der Waals surface area contributed by atoms with Crippen molar-refractivity contribution in [3.05, 3.63) is 23.9 Å². The van der Waals surface area contributed by atoms with Crippen molar-refractivity contribution in [1.82, 2.24) is 4.98 Å². The molecular weight excluding hydrogens is 309 g/mol. The molecule has 1 aromatic rings. The van der Waals surface area contributed by atoms with Crippen LogP contribution in [-0.2, 0) is 9.84 Å². The molecule has 1 rings (SSSR count). The molecule has 0 bridgehead atoms. The Morgan fingerprint density at radius 3 is 2.47 bits per heavy atom. The second-order valence-electron chi connectivity index (χ2n) is 4.04. The lowest BCUT2D eigenvalue weighted by Gasteiger charge is -2.03. The third-order valence-corrected chi connectivity index (χ3v) is 3.25. The molecule has 0 aromatic carbocycles. The summed E-state index contributed by atoms with van der Waals surface area (Å²) >= 11 is 0. The second kappa shape index (κ2) is 8.37. The number of hydrogen-bond donors (Lipinski definition) is 2. The standard InChI is InChI=1S/C11H17N3O2S.2ClH/c1-8(12)4-3-5-9-6-10(17(2,15)16)11(13)14-7-9;;/h3,5-8H,4,12H2,1-2H3,(H2,13,14);2*1H/b5-3+;;/t8-;;/m0../s1. The summed E-state index contributed by atoms with van der Waals surface area (Å²) in [6.07, 6.45) is 7.02. The van der Waals surface area contributed by atoms with Crippen molar-refractivity contribution in [2.24, 2.45) is 5.73 Å². The van der Waals surface area contributed by atoms with Crippen LogP contribution in [0.1, 0.15) is 18.9 Å². The third kappa shape index (κ3) is 6.77. The Morgan fingerprint density at radius 2 is 2.00 bits per heavy atom. The summed E-state index contributed by atoms with van der Waals surface area (Å²) in [6.45, 7) is 1.90. The molecule has 1 heterocycles. The monoisotopic (exact) mass is 327 g/mol. The number of sulfone groups is 1. The van der Waals surface area contributed by atoms with Gasteiger partial charge in [-0.15, -0.1) is 24.8 Å². The van der Waals surface area contributed by atoms with Crippen LogP contribution >= 0.6 is 24.8 Å². The largest absolute Gasteiger partial charge is 0.383 e. The number of nitrogen functional groups attached to an aromatic ring is 1. The molecular formula is C11H19Cl2N3O2S. The van der Waals surface area contributed by atoms with Gasteiger partial charge in [-0.2, -0.15) is 0 Å². The van der Waals surface area contributed by atoms with E-state index in [1.54, 1.807) is 6.08 Å². The highest BCUT2D eigenvalue weighted by atomic mass is 35.5. The number of pyridine rings is 1. The number of anilines is 1. The number of hydrogen-bond acceptors (Lipinski definition) is 5. The summed E-state index contributed by atoms with van der Waals surface area (Å²) in [5.74, 6) is 0.0249. The first-order valence-corrected chi connectivity index (χ1v) is 7.07. The molecule has 1 aromatic heterocycles. The average Bonchev–Trinajstić information content (AvgIpc) is 2.18. The van der Waals surface area contributed by atoms with Gasteiger partial charge in [-0.25, -0.2) is 13.4 Å². The molecule has 0 aliphatic heterocycles. The predicted molar refractivity (Wildman–Crippen MR) is 83.6 cm³/mol. The minimum absolute atomic E-state index is 0. The van der Waals surface area contributed by atoms with Gasteiger partial charge in [0.05, 0.1) is 0 Å². The van der Waals surface area contributed by atoms with E-state index in [0.29, 0.717) is 5.56 Å². The van der Waals surface area contributed by atoms with Crippen LogP contribution in [0.2, 0.25) is 0 Å². The Balaban J connectivity index is 0. The lowest BCUT2D eigenvalue weighted by atomic mass is 10.2. The summed E-state index contributed by atoms with van der Waals surface area (Å²) in [6, 6.07) is 1.58. The smallest absolute Gasteiger partial charge is 0.179 e. The van der Waals surface area contributed by atoms with E-state index in [4.69, 9.17) is 11.5 Å². The van der Waals surface area contributed by atoms with Crippen LogP contribution in [0.25, 0.3) is 6.08 Å². The quantitative estimate of drug-likeness (QED) is 0.876. The van der Waals surface area contributed by atoms with E-state index in [1.165, 1.54) is 12.3 Å². The Labute approximate surface area is 126 Å². The van der Waals surface area contributed by atoms with Crippen LogP contribution in [0, 0.1) is 0 Å². The minimum atomic E-state index is -3.34. The number of aromatic nitrogens is 1. The second-order valence-corrected chi connectivity index (χ2v) is 6.02. The van der Waals surface area contributed by atoms with E-state index in [-0.39, 0.29) is 41.6 Å². The fourth-order valence-electron chi connectivity index (χ4n) is 1.28. The summed E-state index contributed by atoms with van der Waals surface area (Å²) in [4.78, 5) is 3.92. The van der Waals surface area contributed by atoms with Crippen LogP contribution in [0.3, 0.4) is 0 Å². The van der Waals surface area contributed by atoms with Gasteiger partial charge >= 0.3 is 0 Å². The number of nitrogens with two attached hydrogens (primary N) is 2. The van der Waals surface area contributed by atoms with Crippen molar-refractivity contribution in [3.8, 4) is 0 Å². The van der Waals surface area contributed by atoms with Crippen molar-refractivity contribution in [2.45, 2.75) is 24.3 Å². The van der Waals surface area contributed by atoms with E-state index in [1.807, 2.05) is 13.0 Å². The molecule has 0 spiro atoms. The highest BCUT2D eigenvalue weighted by Gasteiger charge is 2.12. The maximum absolute atomic E-state index is 11.4. The van der Waals surface area contributed by atoms with E-state index < -0.39 is 9.84 Å². The Morgan fingerprint density at radius 1 is 1.42 bits per heavy atom. The molecule has 0 amide bonds. The zero-order valence-corrected chi connectivity index (χ0v) is 13.2. The van der Waals surface area contributed by atoms with E-state index >= 15 is 0 Å². The minimum Gasteiger partial charge on any atom is -0.383 e. The molecule has 0 fully saturated rings. The van der Waals surface area contributed by atoms with Crippen molar-refractivity contribution < 1.29 is 8.42 Å². The van der Waals surface area contributed by atoms with Crippen LogP contribution in [0.4, 0.5) is 5.82 Å². The lowest BCUT2D eigenvalue weighted by molar-refractivity contribution is 0.602. The van der Waals surface area contributed by atoms with Crippen LogP contribution in [0.15, 0.2) is 23.2 Å². The van der Waals surface area contributed by atoms with Crippen LogP contribution in [0.5, 0.6) is 0 Å². The predicted octanol–water partition coefficient (Wildman–Crippen LogP) is 1.66. The molecule has 0 saturated heterocycles. The molecule has 0 saturated carbocycles. The van der Waals surface area contributed by atoms with E-state index in [0.717, 1.165) is 12.7 Å². The lowest BCUT2D eigenvalue weighted by Crippen LogP contribution is -2.12. The summed E-state index contributed by atoms with van der Waals surface area (Å²) in [5, 5.41) is 0. The fraction of sp³-hybridized carbons (Fsp3) is 0.364. The maximum Gasteiger partial charge on any atom is 0.179 e. The first kappa shape index (κ1) is 20.5. The normalized spacial score (nSPS) is 12.6. The summed E-state index contributed by atoms with van der Waals surface area (Å²) in [7, 11) is -3.34. The highest BCUT2D eigenvalue weighted by molar-refractivity contribution is 7.90. The molecule has 8 heteroatoms. The van der Waals surface area contributed by atoms with Gasteiger partial charge in [-0.05, 0) is 25.0 Å². The van der Waals surface area contributed by atoms with Crippen LogP contribution in [-0.4, -0.2) is 25.7 Å². The van der Waals surface area contributed by atoms with Gasteiger partial charge in [0.1, 0.15) is 10.7 Å². The SMILES string of the molecule is C[C@H](N)C/C=C/c1cnc(N)c(S(C)(=O)=O)c1.Cl.Cl. The van der Waals surface area contributed by atoms with Crippen molar-refractivity contribution in [3.63, 3.8) is 0 Å². The van der Waals surface area contributed by atoms with Gasteiger partial charge in [0.15, 0.2) is 9.84 Å². The number of nitrogens with zero attached hydrogens (tertiary/aromatic N) is 1. The Hall–Kier alpha value is -0.820.